The monoisotopic (exact) mass is 283 g/mol. The van der Waals surface area contributed by atoms with Gasteiger partial charge in [0.05, 0.1) is 0 Å². The van der Waals surface area contributed by atoms with Gasteiger partial charge in [-0.05, 0) is 37.5 Å². The topological polar surface area (TPSA) is 87.7 Å². The Kier molecular flexibility index (Phi) is 6.15. The summed E-state index contributed by atoms with van der Waals surface area (Å²) in [5, 5.41) is 14.6. The van der Waals surface area contributed by atoms with Crippen LogP contribution in [0.5, 0.6) is 0 Å². The number of carbonyl (C=O) groups excluding carboxylic acids is 1. The minimum Gasteiger partial charge on any atom is -0.409 e. The highest BCUT2D eigenvalue weighted by Crippen LogP contribution is 2.18. The largest absolute Gasteiger partial charge is 0.409 e. The van der Waals surface area contributed by atoms with Gasteiger partial charge in [0.25, 0.3) is 5.91 Å². The molecule has 0 aliphatic rings. The van der Waals surface area contributed by atoms with Gasteiger partial charge < -0.3 is 16.3 Å². The van der Waals surface area contributed by atoms with Crippen LogP contribution in [0.4, 0.5) is 0 Å². The molecular formula is C13H18ClN3O2. The van der Waals surface area contributed by atoms with Gasteiger partial charge in [-0.15, -0.1) is 0 Å². The quantitative estimate of drug-likeness (QED) is 0.246. The highest BCUT2D eigenvalue weighted by atomic mass is 35.5. The maximum absolute atomic E-state index is 11.9. The fraction of sp³-hybridized carbons (Fsp3) is 0.385. The van der Waals surface area contributed by atoms with Gasteiger partial charge in [-0.3, -0.25) is 4.79 Å². The van der Waals surface area contributed by atoms with Gasteiger partial charge in [0.1, 0.15) is 5.84 Å². The molecule has 6 heteroatoms. The zero-order valence-electron chi connectivity index (χ0n) is 10.8. The smallest absolute Gasteiger partial charge is 0.251 e. The number of nitrogens with two attached hydrogens (primary N) is 1. The van der Waals surface area contributed by atoms with Gasteiger partial charge >= 0.3 is 0 Å². The Bertz CT molecular complexity index is 475. The van der Waals surface area contributed by atoms with Crippen molar-refractivity contribution in [3.8, 4) is 0 Å². The number of oxime groups is 1. The van der Waals surface area contributed by atoms with E-state index < -0.39 is 0 Å². The second-order valence-corrected chi connectivity index (χ2v) is 4.62. The van der Waals surface area contributed by atoms with Crippen LogP contribution >= 0.6 is 11.6 Å². The van der Waals surface area contributed by atoms with Gasteiger partial charge in [-0.1, -0.05) is 22.8 Å². The molecule has 0 saturated heterocycles. The Labute approximate surface area is 117 Å². The van der Waals surface area contributed by atoms with Crippen LogP contribution < -0.4 is 11.1 Å². The van der Waals surface area contributed by atoms with Crippen molar-refractivity contribution < 1.29 is 10.0 Å². The molecule has 0 aliphatic heterocycles. The molecule has 1 aromatic rings. The molecule has 0 aromatic heterocycles. The van der Waals surface area contributed by atoms with E-state index in [0.29, 0.717) is 23.6 Å². The lowest BCUT2D eigenvalue weighted by Crippen LogP contribution is -2.25. The highest BCUT2D eigenvalue weighted by molar-refractivity contribution is 6.31. The highest BCUT2D eigenvalue weighted by Gasteiger charge is 2.09. The fourth-order valence-corrected chi connectivity index (χ4v) is 1.81. The lowest BCUT2D eigenvalue weighted by atomic mass is 10.1. The number of hydrogen-bond acceptors (Lipinski definition) is 3. The van der Waals surface area contributed by atoms with E-state index in [1.807, 2.05) is 6.92 Å². The Morgan fingerprint density at radius 3 is 2.89 bits per heavy atom. The summed E-state index contributed by atoms with van der Waals surface area (Å²) in [5.41, 5.74) is 6.70. The first-order valence-electron chi connectivity index (χ1n) is 6.06. The molecule has 4 N–H and O–H groups in total. The summed E-state index contributed by atoms with van der Waals surface area (Å²) < 4.78 is 0. The van der Waals surface area contributed by atoms with Gasteiger partial charge in [-0.2, -0.15) is 0 Å². The number of nitrogens with zero attached hydrogens (tertiary/aromatic N) is 1. The SMILES string of the molecule is Cc1c(Cl)cccc1C(=O)NCCCC/C(N)=N/O. The van der Waals surface area contributed by atoms with Gasteiger partial charge in [-0.25, -0.2) is 0 Å². The predicted octanol–water partition coefficient (Wildman–Crippen LogP) is 2.29. The van der Waals surface area contributed by atoms with Crippen molar-refractivity contribution in [3.63, 3.8) is 0 Å². The van der Waals surface area contributed by atoms with Gasteiger partial charge in [0.15, 0.2) is 0 Å². The number of nitrogens with one attached hydrogen (secondary N) is 1. The second kappa shape index (κ2) is 7.63. The van der Waals surface area contributed by atoms with E-state index in [4.69, 9.17) is 22.5 Å². The number of amides is 1. The van der Waals surface area contributed by atoms with Crippen molar-refractivity contribution >= 4 is 23.3 Å². The number of hydrogen-bond donors (Lipinski definition) is 3. The third kappa shape index (κ3) is 4.79. The normalized spacial score (nSPS) is 11.4. The fourth-order valence-electron chi connectivity index (χ4n) is 1.63. The van der Waals surface area contributed by atoms with E-state index >= 15 is 0 Å². The summed E-state index contributed by atoms with van der Waals surface area (Å²) >= 11 is 5.96. The minimum absolute atomic E-state index is 0.135. The number of amidine groups is 1. The molecule has 0 spiro atoms. The summed E-state index contributed by atoms with van der Waals surface area (Å²) in [6, 6.07) is 5.25. The molecule has 0 bridgehead atoms. The average molecular weight is 284 g/mol. The first-order chi connectivity index (χ1) is 9.06. The second-order valence-electron chi connectivity index (χ2n) is 4.22. The number of carbonyl (C=O) groups is 1. The molecule has 0 radical (unpaired) electrons. The van der Waals surface area contributed by atoms with E-state index in [1.165, 1.54) is 0 Å². The van der Waals surface area contributed by atoms with Gasteiger partial charge in [0.2, 0.25) is 0 Å². The molecule has 104 valence electrons. The van der Waals surface area contributed by atoms with E-state index in [0.717, 1.165) is 18.4 Å². The van der Waals surface area contributed by atoms with Crippen molar-refractivity contribution in [1.82, 2.24) is 5.32 Å². The molecule has 0 aliphatic carbocycles. The molecule has 1 amide bonds. The van der Waals surface area contributed by atoms with E-state index in [-0.39, 0.29) is 11.7 Å². The molecule has 0 fully saturated rings. The Morgan fingerprint density at radius 1 is 1.47 bits per heavy atom. The molecule has 0 heterocycles. The molecule has 1 aromatic carbocycles. The minimum atomic E-state index is -0.135. The molecule has 0 saturated carbocycles. The van der Waals surface area contributed by atoms with Crippen LogP contribution in [0.1, 0.15) is 35.2 Å². The maximum Gasteiger partial charge on any atom is 0.251 e. The molecule has 19 heavy (non-hydrogen) atoms. The molecule has 5 nitrogen and oxygen atoms in total. The lowest BCUT2D eigenvalue weighted by Gasteiger charge is -2.08. The molecule has 0 unspecified atom stereocenters. The first-order valence-corrected chi connectivity index (χ1v) is 6.43. The average Bonchev–Trinajstić information content (AvgIpc) is 2.40. The summed E-state index contributed by atoms with van der Waals surface area (Å²) in [5.74, 6) is 0.0702. The zero-order chi connectivity index (χ0) is 14.3. The van der Waals surface area contributed by atoms with Crippen LogP contribution in [-0.2, 0) is 0 Å². The zero-order valence-corrected chi connectivity index (χ0v) is 11.6. The standard InChI is InChI=1S/C13H18ClN3O2/c1-9-10(5-4-6-11(9)14)13(18)16-8-3-2-7-12(15)17-19/h4-6,19H,2-3,7-8H2,1H3,(H2,15,17)(H,16,18). The van der Waals surface area contributed by atoms with Crippen LogP contribution in [0.2, 0.25) is 5.02 Å². The molecule has 1 rings (SSSR count). The predicted molar refractivity (Wildman–Crippen MR) is 75.8 cm³/mol. The van der Waals surface area contributed by atoms with Crippen LogP contribution in [-0.4, -0.2) is 23.5 Å². The van der Waals surface area contributed by atoms with E-state index in [1.54, 1.807) is 18.2 Å². The third-order valence-corrected chi connectivity index (χ3v) is 3.20. The van der Waals surface area contributed by atoms with Crippen LogP contribution in [0.3, 0.4) is 0 Å². The first kappa shape index (κ1) is 15.3. The number of unbranched alkanes of at least 4 members (excludes halogenated alkanes) is 1. The Hall–Kier alpha value is -1.75. The third-order valence-electron chi connectivity index (χ3n) is 2.79. The summed E-state index contributed by atoms with van der Waals surface area (Å²) in [4.78, 5) is 11.9. The molecular weight excluding hydrogens is 266 g/mol. The summed E-state index contributed by atoms with van der Waals surface area (Å²) in [7, 11) is 0. The van der Waals surface area contributed by atoms with Crippen molar-refractivity contribution in [1.29, 1.82) is 0 Å². The van der Waals surface area contributed by atoms with Crippen LogP contribution in [0.25, 0.3) is 0 Å². The summed E-state index contributed by atoms with van der Waals surface area (Å²) in [6.07, 6.45) is 2.04. The number of benzene rings is 1. The Balaban J connectivity index is 2.38. The molecule has 0 atom stereocenters. The van der Waals surface area contributed by atoms with Crippen molar-refractivity contribution in [2.45, 2.75) is 26.2 Å². The maximum atomic E-state index is 11.9. The number of halogens is 1. The van der Waals surface area contributed by atoms with Crippen molar-refractivity contribution in [2.24, 2.45) is 10.9 Å². The Morgan fingerprint density at radius 2 is 2.21 bits per heavy atom. The van der Waals surface area contributed by atoms with Crippen LogP contribution in [0.15, 0.2) is 23.4 Å². The van der Waals surface area contributed by atoms with E-state index in [2.05, 4.69) is 10.5 Å². The van der Waals surface area contributed by atoms with E-state index in [9.17, 15) is 4.79 Å². The van der Waals surface area contributed by atoms with Crippen LogP contribution in [0, 0.1) is 6.92 Å². The lowest BCUT2D eigenvalue weighted by molar-refractivity contribution is 0.0952. The van der Waals surface area contributed by atoms with Crippen molar-refractivity contribution in [2.75, 3.05) is 6.54 Å². The van der Waals surface area contributed by atoms with Crippen molar-refractivity contribution in [3.05, 3.63) is 34.3 Å². The summed E-state index contributed by atoms with van der Waals surface area (Å²) in [6.45, 7) is 2.36. The number of rotatable bonds is 6. The van der Waals surface area contributed by atoms with Gasteiger partial charge in [0, 0.05) is 23.6 Å².